The van der Waals surface area contributed by atoms with E-state index < -0.39 is 0 Å². The highest BCUT2D eigenvalue weighted by Crippen LogP contribution is 2.60. The van der Waals surface area contributed by atoms with Crippen LogP contribution in [0, 0.1) is 17.8 Å². The van der Waals surface area contributed by atoms with E-state index in [1.54, 1.807) is 0 Å². The van der Waals surface area contributed by atoms with Gasteiger partial charge in [-0.25, -0.2) is 0 Å². The van der Waals surface area contributed by atoms with Crippen molar-refractivity contribution in [3.63, 3.8) is 0 Å². The van der Waals surface area contributed by atoms with E-state index >= 15 is 0 Å². The first-order valence-corrected chi connectivity index (χ1v) is 11.9. The van der Waals surface area contributed by atoms with Crippen LogP contribution in [0.2, 0.25) is 0 Å². The largest absolute Gasteiger partial charge is 0.415 e. The molecular weight excluding hydrogens is 372 g/mol. The Labute approximate surface area is 171 Å². The van der Waals surface area contributed by atoms with Crippen LogP contribution in [0.25, 0.3) is 0 Å². The summed E-state index contributed by atoms with van der Waals surface area (Å²) in [7, 11) is 0. The van der Waals surface area contributed by atoms with Crippen molar-refractivity contribution < 1.29 is 9.21 Å². The van der Waals surface area contributed by atoms with Crippen LogP contribution >= 0.6 is 11.8 Å². The molecule has 28 heavy (non-hydrogen) atoms. The Bertz CT molecular complexity index is 692. The topological polar surface area (TPSA) is 62.5 Å². The smallest absolute Gasteiger partial charge is 0.277 e. The van der Waals surface area contributed by atoms with Gasteiger partial charge < -0.3 is 14.2 Å². The van der Waals surface area contributed by atoms with Crippen LogP contribution in [0.3, 0.4) is 0 Å². The van der Waals surface area contributed by atoms with E-state index in [0.29, 0.717) is 5.22 Å². The highest BCUT2D eigenvalue weighted by molar-refractivity contribution is 8.00. The maximum atomic E-state index is 12.8. The van der Waals surface area contributed by atoms with E-state index in [-0.39, 0.29) is 16.6 Å². The Kier molecular flexibility index (Phi) is 4.94. The fourth-order valence-corrected chi connectivity index (χ4v) is 7.35. The van der Waals surface area contributed by atoms with E-state index in [1.807, 2.05) is 11.8 Å². The average molecular weight is 405 g/mol. The third-order valence-corrected chi connectivity index (χ3v) is 8.58. The highest BCUT2D eigenvalue weighted by Gasteiger charge is 2.54. The van der Waals surface area contributed by atoms with Gasteiger partial charge in [-0.15, -0.1) is 10.2 Å². The van der Waals surface area contributed by atoms with E-state index in [2.05, 4.69) is 22.0 Å². The van der Waals surface area contributed by atoms with Crippen LogP contribution in [0.1, 0.15) is 58.3 Å². The Balaban J connectivity index is 1.23. The summed E-state index contributed by atoms with van der Waals surface area (Å²) in [5, 5.41) is 9.20. The maximum Gasteiger partial charge on any atom is 0.277 e. The predicted octanol–water partition coefficient (Wildman–Crippen LogP) is 3.18. The molecule has 6 rings (SSSR count). The Morgan fingerprint density at radius 1 is 1.11 bits per heavy atom. The zero-order chi connectivity index (χ0) is 19.3. The van der Waals surface area contributed by atoms with E-state index in [4.69, 9.17) is 4.42 Å². The minimum Gasteiger partial charge on any atom is -0.415 e. The van der Waals surface area contributed by atoms with E-state index in [0.717, 1.165) is 56.4 Å². The molecule has 1 aromatic heterocycles. The molecule has 6 nitrogen and oxygen atoms in total. The molecule has 0 N–H and O–H groups in total. The molecule has 5 fully saturated rings. The van der Waals surface area contributed by atoms with E-state index in [1.165, 1.54) is 50.3 Å². The van der Waals surface area contributed by atoms with Gasteiger partial charge in [-0.3, -0.25) is 4.79 Å². The molecule has 4 saturated carbocycles. The number of carbonyl (C=O) groups is 1. The number of carbonyl (C=O) groups excluding carboxylic acids is 1. The molecule has 0 spiro atoms. The summed E-state index contributed by atoms with van der Waals surface area (Å²) < 4.78 is 6.17. The molecule has 5 aliphatic rings. The summed E-state index contributed by atoms with van der Waals surface area (Å²) >= 11 is 1.43. The molecule has 154 valence electrons. The number of likely N-dealkylation sites (N-methyl/N-ethyl adjacent to an activating group) is 1. The molecule has 0 aromatic carbocycles. The van der Waals surface area contributed by atoms with Gasteiger partial charge in [-0.1, -0.05) is 18.7 Å². The highest BCUT2D eigenvalue weighted by atomic mass is 32.2. The lowest BCUT2D eigenvalue weighted by atomic mass is 9.49. The van der Waals surface area contributed by atoms with Crippen LogP contribution in [0.5, 0.6) is 0 Å². The first-order chi connectivity index (χ1) is 13.5. The van der Waals surface area contributed by atoms with Gasteiger partial charge in [0.15, 0.2) is 0 Å². The Hall–Kier alpha value is -1.08. The molecule has 0 unspecified atom stereocenters. The normalized spacial score (nSPS) is 36.1. The van der Waals surface area contributed by atoms with Crippen molar-refractivity contribution in [2.45, 2.75) is 68.3 Å². The molecular formula is C21H32N4O2S. The zero-order valence-corrected chi connectivity index (χ0v) is 17.9. The fraction of sp³-hybridized carbons (Fsp3) is 0.857. The molecule has 1 amide bonds. The molecule has 4 aliphatic carbocycles. The summed E-state index contributed by atoms with van der Waals surface area (Å²) in [6.07, 6.45) is 7.90. The number of hydrogen-bond donors (Lipinski definition) is 0. The third kappa shape index (κ3) is 3.38. The third-order valence-electron chi connectivity index (χ3n) is 7.65. The second-order valence-corrected chi connectivity index (χ2v) is 10.9. The van der Waals surface area contributed by atoms with Crippen LogP contribution in [-0.2, 0) is 10.2 Å². The summed E-state index contributed by atoms with van der Waals surface area (Å²) in [5.41, 5.74) is 0.129. The van der Waals surface area contributed by atoms with Crippen molar-refractivity contribution in [1.82, 2.24) is 20.0 Å². The predicted molar refractivity (Wildman–Crippen MR) is 108 cm³/mol. The van der Waals surface area contributed by atoms with E-state index in [9.17, 15) is 4.79 Å². The lowest BCUT2D eigenvalue weighted by Gasteiger charge is -2.55. The standard InChI is InChI=1S/C21H32N4O2S/c1-3-24-4-6-25(7-5-24)18(26)14(2)28-20-23-22-19(27-20)21-11-15-8-16(12-21)10-17(9-15)13-21/h14-17H,3-13H2,1-2H3/t14-,15?,16?,17?,21?/m1/s1. The molecule has 1 atom stereocenters. The summed E-state index contributed by atoms with van der Waals surface area (Å²) in [4.78, 5) is 17.2. The number of rotatable bonds is 5. The molecule has 1 aromatic rings. The first-order valence-electron chi connectivity index (χ1n) is 11.1. The Morgan fingerprint density at radius 3 is 2.29 bits per heavy atom. The SMILES string of the molecule is CCN1CCN(C(=O)[C@@H](C)Sc2nnc(C34CC5CC(CC(C5)C3)C4)o2)CC1. The zero-order valence-electron chi connectivity index (χ0n) is 17.1. The monoisotopic (exact) mass is 404 g/mol. The lowest BCUT2D eigenvalue weighted by molar-refractivity contribution is -0.132. The van der Waals surface area contributed by atoms with Gasteiger partial charge in [0, 0.05) is 31.6 Å². The van der Waals surface area contributed by atoms with Crippen molar-refractivity contribution in [2.75, 3.05) is 32.7 Å². The summed E-state index contributed by atoms with van der Waals surface area (Å²) in [5.74, 6) is 3.62. The van der Waals surface area contributed by atoms with Crippen LogP contribution in [0.15, 0.2) is 9.64 Å². The summed E-state index contributed by atoms with van der Waals surface area (Å²) in [6, 6.07) is 0. The van der Waals surface area contributed by atoms with Gasteiger partial charge in [0.1, 0.15) is 0 Å². The van der Waals surface area contributed by atoms with Gasteiger partial charge in [0.05, 0.1) is 5.25 Å². The molecule has 7 heteroatoms. The Morgan fingerprint density at radius 2 is 1.71 bits per heavy atom. The second kappa shape index (κ2) is 7.31. The molecule has 4 bridgehead atoms. The molecule has 1 aliphatic heterocycles. The number of aromatic nitrogens is 2. The first kappa shape index (κ1) is 18.9. The minimum absolute atomic E-state index is 0.129. The molecule has 1 saturated heterocycles. The van der Waals surface area contributed by atoms with Crippen molar-refractivity contribution in [1.29, 1.82) is 0 Å². The van der Waals surface area contributed by atoms with Crippen molar-refractivity contribution in [2.24, 2.45) is 17.8 Å². The van der Waals surface area contributed by atoms with Gasteiger partial charge in [-0.05, 0) is 69.7 Å². The molecule has 2 heterocycles. The number of hydrogen-bond acceptors (Lipinski definition) is 6. The van der Waals surface area contributed by atoms with Crippen molar-refractivity contribution in [3.05, 3.63) is 5.89 Å². The second-order valence-electron chi connectivity index (χ2n) is 9.59. The summed E-state index contributed by atoms with van der Waals surface area (Å²) in [6.45, 7) is 8.77. The van der Waals surface area contributed by atoms with Crippen LogP contribution in [-0.4, -0.2) is 63.9 Å². The van der Waals surface area contributed by atoms with Gasteiger partial charge in [-0.2, -0.15) is 0 Å². The lowest BCUT2D eigenvalue weighted by Crippen LogP contribution is -2.50. The van der Waals surface area contributed by atoms with Crippen LogP contribution in [0.4, 0.5) is 0 Å². The maximum absolute atomic E-state index is 12.8. The quantitative estimate of drug-likeness (QED) is 0.703. The fourth-order valence-electron chi connectivity index (χ4n) is 6.59. The number of amides is 1. The minimum atomic E-state index is -0.183. The van der Waals surface area contributed by atoms with Crippen LogP contribution < -0.4 is 0 Å². The molecule has 0 radical (unpaired) electrons. The number of thioether (sulfide) groups is 1. The number of piperazine rings is 1. The number of nitrogens with zero attached hydrogens (tertiary/aromatic N) is 4. The van der Waals surface area contributed by atoms with Gasteiger partial charge in [0.25, 0.3) is 5.22 Å². The van der Waals surface area contributed by atoms with Gasteiger partial charge in [0.2, 0.25) is 11.8 Å². The van der Waals surface area contributed by atoms with Crippen molar-refractivity contribution in [3.8, 4) is 0 Å². The van der Waals surface area contributed by atoms with Crippen molar-refractivity contribution >= 4 is 17.7 Å². The average Bonchev–Trinajstić information content (AvgIpc) is 3.16. The van der Waals surface area contributed by atoms with Gasteiger partial charge >= 0.3 is 0 Å².